The van der Waals surface area contributed by atoms with E-state index in [0.717, 1.165) is 12.8 Å². The van der Waals surface area contributed by atoms with E-state index in [1.807, 2.05) is 18.7 Å². The van der Waals surface area contributed by atoms with Crippen molar-refractivity contribution >= 4 is 30.1 Å². The zero-order valence-corrected chi connectivity index (χ0v) is 16.4. The van der Waals surface area contributed by atoms with E-state index in [9.17, 15) is 14.4 Å². The number of nitrogens with two attached hydrogens (primary N) is 1. The Morgan fingerprint density at radius 3 is 2.42 bits per heavy atom. The molecule has 2 rings (SSSR count). The molecule has 2 heterocycles. The zero-order valence-electron chi connectivity index (χ0n) is 15.6. The van der Waals surface area contributed by atoms with Gasteiger partial charge in [-0.3, -0.25) is 14.4 Å². The normalized spacial score (nSPS) is 21.8. The highest BCUT2D eigenvalue weighted by Crippen LogP contribution is 2.19. The van der Waals surface area contributed by atoms with Crippen molar-refractivity contribution in [1.82, 2.24) is 15.1 Å². The first kappa shape index (κ1) is 22.7. The van der Waals surface area contributed by atoms with Crippen LogP contribution in [0.15, 0.2) is 0 Å². The number of carbonyl (C=O) groups excluding carboxylic acids is 3. The summed E-state index contributed by atoms with van der Waals surface area (Å²) in [5.74, 6) is -0.526. The summed E-state index contributed by atoms with van der Waals surface area (Å²) in [7, 11) is 0. The van der Waals surface area contributed by atoms with Gasteiger partial charge in [-0.05, 0) is 18.8 Å². The molecule has 2 saturated heterocycles. The minimum Gasteiger partial charge on any atom is -0.378 e. The number of amides is 3. The molecule has 150 valence electrons. The van der Waals surface area contributed by atoms with Crippen molar-refractivity contribution in [3.8, 4) is 0 Å². The predicted molar refractivity (Wildman–Crippen MR) is 99.8 cm³/mol. The quantitative estimate of drug-likeness (QED) is 0.664. The van der Waals surface area contributed by atoms with Crippen LogP contribution in [-0.2, 0) is 19.1 Å². The summed E-state index contributed by atoms with van der Waals surface area (Å²) >= 11 is 0. The van der Waals surface area contributed by atoms with Gasteiger partial charge in [0.1, 0.15) is 0 Å². The van der Waals surface area contributed by atoms with Gasteiger partial charge in [0.25, 0.3) is 0 Å². The molecule has 0 bridgehead atoms. The lowest BCUT2D eigenvalue weighted by atomic mass is 9.96. The minimum absolute atomic E-state index is 0. The zero-order chi connectivity index (χ0) is 18.4. The third-order valence-corrected chi connectivity index (χ3v) is 4.88. The van der Waals surface area contributed by atoms with E-state index >= 15 is 0 Å². The van der Waals surface area contributed by atoms with Crippen molar-refractivity contribution < 1.29 is 19.1 Å². The molecule has 0 saturated carbocycles. The average Bonchev–Trinajstić information content (AvgIpc) is 2.65. The molecular weight excluding hydrogens is 360 g/mol. The Hall–Kier alpha value is -1.38. The van der Waals surface area contributed by atoms with Crippen LogP contribution in [0.2, 0.25) is 0 Å². The summed E-state index contributed by atoms with van der Waals surface area (Å²) < 4.78 is 5.28. The fourth-order valence-electron chi connectivity index (χ4n) is 3.14. The van der Waals surface area contributed by atoms with Crippen molar-refractivity contribution in [2.24, 2.45) is 17.6 Å². The second-order valence-electron chi connectivity index (χ2n) is 7.10. The van der Waals surface area contributed by atoms with Crippen LogP contribution < -0.4 is 11.1 Å². The number of carbonyl (C=O) groups is 3. The summed E-state index contributed by atoms with van der Waals surface area (Å²) in [5.41, 5.74) is 5.77. The molecule has 2 atom stereocenters. The number of nitrogens with one attached hydrogen (secondary N) is 1. The molecule has 2 aliphatic heterocycles. The van der Waals surface area contributed by atoms with Crippen LogP contribution in [0.25, 0.3) is 0 Å². The van der Waals surface area contributed by atoms with Crippen LogP contribution in [0.4, 0.5) is 0 Å². The van der Waals surface area contributed by atoms with Crippen LogP contribution in [0.5, 0.6) is 0 Å². The van der Waals surface area contributed by atoms with Gasteiger partial charge in [0.05, 0.1) is 31.7 Å². The van der Waals surface area contributed by atoms with Crippen LogP contribution in [0, 0.1) is 11.8 Å². The maximum absolute atomic E-state index is 12.6. The Morgan fingerprint density at radius 2 is 1.81 bits per heavy atom. The minimum atomic E-state index is -0.621. The fraction of sp³-hybridized carbons (Fsp3) is 0.824. The monoisotopic (exact) mass is 390 g/mol. The van der Waals surface area contributed by atoms with Crippen LogP contribution in [-0.4, -0.2) is 79.5 Å². The van der Waals surface area contributed by atoms with Gasteiger partial charge in [0.2, 0.25) is 17.7 Å². The van der Waals surface area contributed by atoms with Crippen molar-refractivity contribution in [2.45, 2.75) is 32.7 Å². The second kappa shape index (κ2) is 10.7. The van der Waals surface area contributed by atoms with Gasteiger partial charge >= 0.3 is 0 Å². The number of likely N-dealkylation sites (tertiary alicyclic amines) is 1. The van der Waals surface area contributed by atoms with Crippen LogP contribution in [0.1, 0.15) is 26.7 Å². The molecule has 3 N–H and O–H groups in total. The van der Waals surface area contributed by atoms with Gasteiger partial charge in [-0.1, -0.05) is 13.8 Å². The van der Waals surface area contributed by atoms with Crippen LogP contribution >= 0.6 is 12.4 Å². The van der Waals surface area contributed by atoms with Crippen molar-refractivity contribution in [3.63, 3.8) is 0 Å². The molecule has 8 nitrogen and oxygen atoms in total. The molecule has 1 unspecified atom stereocenters. The predicted octanol–water partition coefficient (Wildman–Crippen LogP) is -0.395. The summed E-state index contributed by atoms with van der Waals surface area (Å²) in [6.07, 6.45) is 1.59. The number of nitrogens with zero attached hydrogens (tertiary/aromatic N) is 2. The Morgan fingerprint density at radius 1 is 1.15 bits per heavy atom. The summed E-state index contributed by atoms with van der Waals surface area (Å²) in [5, 5.41) is 2.60. The molecule has 3 amide bonds. The van der Waals surface area contributed by atoms with Crippen molar-refractivity contribution in [3.05, 3.63) is 0 Å². The second-order valence-corrected chi connectivity index (χ2v) is 7.10. The third kappa shape index (κ3) is 6.10. The molecule has 0 aliphatic carbocycles. The molecular formula is C17H31ClN4O4. The van der Waals surface area contributed by atoms with Crippen LogP contribution in [0.3, 0.4) is 0 Å². The number of hydrogen-bond donors (Lipinski definition) is 2. The van der Waals surface area contributed by atoms with Gasteiger partial charge in [-0.25, -0.2) is 0 Å². The molecule has 9 heteroatoms. The van der Waals surface area contributed by atoms with E-state index < -0.39 is 6.04 Å². The lowest BCUT2D eigenvalue weighted by Gasteiger charge is -2.36. The lowest BCUT2D eigenvalue weighted by molar-refractivity contribution is -0.144. The summed E-state index contributed by atoms with van der Waals surface area (Å²) in [6, 6.07) is -0.621. The number of hydrogen-bond acceptors (Lipinski definition) is 5. The highest BCUT2D eigenvalue weighted by atomic mass is 35.5. The highest BCUT2D eigenvalue weighted by Gasteiger charge is 2.32. The Labute approximate surface area is 161 Å². The first-order valence-corrected chi connectivity index (χ1v) is 9.07. The number of halogens is 1. The van der Waals surface area contributed by atoms with E-state index in [-0.39, 0.29) is 48.5 Å². The molecule has 0 spiro atoms. The van der Waals surface area contributed by atoms with Crippen molar-refractivity contribution in [2.75, 3.05) is 45.9 Å². The van der Waals surface area contributed by atoms with E-state index in [1.165, 1.54) is 0 Å². The standard InChI is InChI=1S/C17H30N4O4.ClH/c1-12(2)15(18)16(23)19-10-14(22)21-5-3-4-13(11-21)17(24)20-6-8-25-9-7-20;/h12-13,15H,3-11,18H2,1-2H3,(H,19,23);1H/t13?,15-;/m0./s1. The number of piperidine rings is 1. The highest BCUT2D eigenvalue weighted by molar-refractivity contribution is 5.88. The Kier molecular flexibility index (Phi) is 9.32. The van der Waals surface area contributed by atoms with E-state index in [2.05, 4.69) is 5.32 Å². The average molecular weight is 391 g/mol. The molecule has 2 aliphatic rings. The Bertz CT molecular complexity index is 497. The van der Waals surface area contributed by atoms with Gasteiger partial charge in [-0.15, -0.1) is 12.4 Å². The van der Waals surface area contributed by atoms with E-state index in [4.69, 9.17) is 10.5 Å². The largest absolute Gasteiger partial charge is 0.378 e. The molecule has 0 radical (unpaired) electrons. The summed E-state index contributed by atoms with van der Waals surface area (Å²) in [4.78, 5) is 40.3. The smallest absolute Gasteiger partial charge is 0.241 e. The first-order chi connectivity index (χ1) is 11.9. The van der Waals surface area contributed by atoms with Crippen molar-refractivity contribution in [1.29, 1.82) is 0 Å². The van der Waals surface area contributed by atoms with Gasteiger partial charge in [0.15, 0.2) is 0 Å². The maximum atomic E-state index is 12.6. The maximum Gasteiger partial charge on any atom is 0.241 e. The molecule has 0 aromatic rings. The third-order valence-electron chi connectivity index (χ3n) is 4.88. The number of ether oxygens (including phenoxy) is 1. The molecule has 0 aromatic heterocycles. The number of rotatable bonds is 5. The molecule has 0 aromatic carbocycles. The lowest BCUT2D eigenvalue weighted by Crippen LogP contribution is -2.52. The van der Waals surface area contributed by atoms with E-state index in [0.29, 0.717) is 39.4 Å². The molecule has 2 fully saturated rings. The summed E-state index contributed by atoms with van der Waals surface area (Å²) in [6.45, 7) is 7.07. The first-order valence-electron chi connectivity index (χ1n) is 9.07. The number of morpholine rings is 1. The Balaban J connectivity index is 0.00000338. The topological polar surface area (TPSA) is 105 Å². The SMILES string of the molecule is CC(C)[C@H](N)C(=O)NCC(=O)N1CCCC(C(=O)N2CCOCC2)C1.Cl. The van der Waals surface area contributed by atoms with Gasteiger partial charge < -0.3 is 25.6 Å². The van der Waals surface area contributed by atoms with E-state index in [1.54, 1.807) is 4.90 Å². The van der Waals surface area contributed by atoms with Gasteiger partial charge in [0, 0.05) is 26.2 Å². The molecule has 26 heavy (non-hydrogen) atoms. The fourth-order valence-corrected chi connectivity index (χ4v) is 3.14. The van der Waals surface area contributed by atoms with Gasteiger partial charge in [-0.2, -0.15) is 0 Å².